The van der Waals surface area contributed by atoms with Gasteiger partial charge in [-0.3, -0.25) is 4.79 Å². The van der Waals surface area contributed by atoms with E-state index in [0.717, 1.165) is 4.47 Å². The zero-order chi connectivity index (χ0) is 13.5. The van der Waals surface area contributed by atoms with Crippen molar-refractivity contribution in [1.82, 2.24) is 10.6 Å². The summed E-state index contributed by atoms with van der Waals surface area (Å²) in [6.07, 6.45) is 0.489. The van der Waals surface area contributed by atoms with Crippen molar-refractivity contribution < 1.29 is 9.18 Å². The Balaban J connectivity index is 0.00000324. The number of amides is 1. The number of nitrogens with one attached hydrogen (secondary N) is 2. The fourth-order valence-electron chi connectivity index (χ4n) is 1.63. The largest absolute Gasteiger partial charge is 0.355 e. The molecule has 1 aromatic rings. The quantitative estimate of drug-likeness (QED) is 0.825. The molecule has 1 aromatic carbocycles. The summed E-state index contributed by atoms with van der Waals surface area (Å²) in [5.74, 6) is -0.335. The van der Waals surface area contributed by atoms with E-state index >= 15 is 0 Å². The van der Waals surface area contributed by atoms with Crippen molar-refractivity contribution in [2.75, 3.05) is 20.1 Å². The summed E-state index contributed by atoms with van der Waals surface area (Å²) in [4.78, 5) is 11.6. The topological polar surface area (TPSA) is 41.1 Å². The highest BCUT2D eigenvalue weighted by molar-refractivity contribution is 9.10. The molecule has 2 N–H and O–H groups in total. The van der Waals surface area contributed by atoms with E-state index in [-0.39, 0.29) is 30.0 Å². The van der Waals surface area contributed by atoms with Crippen LogP contribution in [0, 0.1) is 11.7 Å². The molecule has 0 bridgehead atoms. The number of hydrogen-bond donors (Lipinski definition) is 2. The molecule has 3 nitrogen and oxygen atoms in total. The lowest BCUT2D eigenvalue weighted by Crippen LogP contribution is -2.35. The number of carbonyl (C=O) groups excluding carboxylic acids is 1. The smallest absolute Gasteiger partial charge is 0.224 e. The molecule has 1 amide bonds. The van der Waals surface area contributed by atoms with Crippen molar-refractivity contribution in [3.05, 3.63) is 34.1 Å². The van der Waals surface area contributed by atoms with E-state index in [2.05, 4.69) is 26.6 Å². The minimum absolute atomic E-state index is 0. The summed E-state index contributed by atoms with van der Waals surface area (Å²) in [5, 5.41) is 5.75. The number of hydrogen-bond acceptors (Lipinski definition) is 2. The highest BCUT2D eigenvalue weighted by atomic mass is 79.9. The van der Waals surface area contributed by atoms with Gasteiger partial charge in [-0.2, -0.15) is 0 Å². The lowest BCUT2D eigenvalue weighted by atomic mass is 10.1. The van der Waals surface area contributed by atoms with Gasteiger partial charge in [-0.05, 0) is 37.2 Å². The van der Waals surface area contributed by atoms with E-state index in [1.54, 1.807) is 19.2 Å². The summed E-state index contributed by atoms with van der Waals surface area (Å²) in [6.45, 7) is 2.93. The maximum atomic E-state index is 13.4. The Morgan fingerprint density at radius 1 is 1.47 bits per heavy atom. The van der Waals surface area contributed by atoms with E-state index < -0.39 is 0 Å². The summed E-state index contributed by atoms with van der Waals surface area (Å²) >= 11 is 3.30. The first-order chi connectivity index (χ1) is 8.54. The van der Waals surface area contributed by atoms with Crippen LogP contribution in [0.5, 0.6) is 0 Å². The SMILES string of the molecule is CNCC(C)C(=O)NCCc1cc(Br)ccc1F.Cl. The molecule has 6 heteroatoms. The molecule has 0 heterocycles. The first kappa shape index (κ1) is 18.4. The van der Waals surface area contributed by atoms with Crippen LogP contribution < -0.4 is 10.6 Å². The molecule has 0 aliphatic carbocycles. The summed E-state index contributed by atoms with van der Waals surface area (Å²) in [6, 6.07) is 4.82. The van der Waals surface area contributed by atoms with E-state index in [1.165, 1.54) is 6.07 Å². The summed E-state index contributed by atoms with van der Waals surface area (Å²) in [7, 11) is 1.81. The fourth-order valence-corrected chi connectivity index (χ4v) is 2.04. The van der Waals surface area contributed by atoms with Gasteiger partial charge in [0.05, 0.1) is 0 Å². The average Bonchev–Trinajstić information content (AvgIpc) is 2.33. The van der Waals surface area contributed by atoms with E-state index in [0.29, 0.717) is 25.1 Å². The molecule has 0 aliphatic heterocycles. The molecule has 0 aliphatic rings. The summed E-state index contributed by atoms with van der Waals surface area (Å²) in [5.41, 5.74) is 0.603. The second-order valence-corrected chi connectivity index (χ2v) is 5.15. The van der Waals surface area contributed by atoms with Gasteiger partial charge in [-0.15, -0.1) is 12.4 Å². The zero-order valence-corrected chi connectivity index (χ0v) is 13.4. The monoisotopic (exact) mass is 352 g/mol. The normalized spacial score (nSPS) is 11.6. The molecule has 0 radical (unpaired) electrons. The predicted octanol–water partition coefficient (Wildman–Crippen LogP) is 2.52. The average molecular weight is 354 g/mol. The number of rotatable bonds is 6. The Bertz CT molecular complexity index is 418. The van der Waals surface area contributed by atoms with Crippen LogP contribution in [0.25, 0.3) is 0 Å². The van der Waals surface area contributed by atoms with E-state index in [4.69, 9.17) is 0 Å². The second-order valence-electron chi connectivity index (χ2n) is 4.24. The molecule has 0 fully saturated rings. The lowest BCUT2D eigenvalue weighted by Gasteiger charge is -2.11. The maximum absolute atomic E-state index is 13.4. The van der Waals surface area contributed by atoms with Crippen molar-refractivity contribution >= 4 is 34.2 Å². The minimum atomic E-state index is -0.240. The molecule has 0 saturated carbocycles. The highest BCUT2D eigenvalue weighted by Crippen LogP contribution is 2.15. The number of halogens is 3. The molecule has 1 atom stereocenters. The third-order valence-electron chi connectivity index (χ3n) is 2.66. The van der Waals surface area contributed by atoms with Crippen LogP contribution in [0.3, 0.4) is 0 Å². The van der Waals surface area contributed by atoms with Gasteiger partial charge in [0, 0.05) is 23.5 Å². The molecule has 108 valence electrons. The fraction of sp³-hybridized carbons (Fsp3) is 0.462. The minimum Gasteiger partial charge on any atom is -0.355 e. The Morgan fingerprint density at radius 3 is 2.79 bits per heavy atom. The van der Waals surface area contributed by atoms with Gasteiger partial charge >= 0.3 is 0 Å². The van der Waals surface area contributed by atoms with Gasteiger partial charge < -0.3 is 10.6 Å². The Kier molecular flexibility index (Phi) is 8.97. The van der Waals surface area contributed by atoms with E-state index in [9.17, 15) is 9.18 Å². The second kappa shape index (κ2) is 9.28. The van der Waals surface area contributed by atoms with Gasteiger partial charge in [0.25, 0.3) is 0 Å². The Hall–Kier alpha value is -0.650. The van der Waals surface area contributed by atoms with Crippen molar-refractivity contribution in [2.24, 2.45) is 5.92 Å². The van der Waals surface area contributed by atoms with Crippen LogP contribution in [0.2, 0.25) is 0 Å². The third kappa shape index (κ3) is 6.36. The van der Waals surface area contributed by atoms with Crippen LogP contribution >= 0.6 is 28.3 Å². The van der Waals surface area contributed by atoms with Gasteiger partial charge in [-0.1, -0.05) is 22.9 Å². The van der Waals surface area contributed by atoms with Crippen LogP contribution in [0.15, 0.2) is 22.7 Å². The van der Waals surface area contributed by atoms with Crippen molar-refractivity contribution in [3.8, 4) is 0 Å². The van der Waals surface area contributed by atoms with Crippen LogP contribution in [-0.2, 0) is 11.2 Å². The van der Waals surface area contributed by atoms with Gasteiger partial charge in [-0.25, -0.2) is 4.39 Å². The predicted molar refractivity (Wildman–Crippen MR) is 81.2 cm³/mol. The maximum Gasteiger partial charge on any atom is 0.224 e. The summed E-state index contributed by atoms with van der Waals surface area (Å²) < 4.78 is 14.3. The molecule has 1 unspecified atom stereocenters. The molecule has 0 spiro atoms. The molecule has 1 rings (SSSR count). The van der Waals surface area contributed by atoms with Gasteiger partial charge in [0.15, 0.2) is 0 Å². The standard InChI is InChI=1S/C13H18BrFN2O.ClH/c1-9(8-16-2)13(18)17-6-5-10-7-11(14)3-4-12(10)15;/h3-4,7,9,16H,5-6,8H2,1-2H3,(H,17,18);1H. The number of carbonyl (C=O) groups is 1. The van der Waals surface area contributed by atoms with E-state index in [1.807, 2.05) is 6.92 Å². The van der Waals surface area contributed by atoms with Crippen molar-refractivity contribution in [3.63, 3.8) is 0 Å². The van der Waals surface area contributed by atoms with Crippen LogP contribution in [0.1, 0.15) is 12.5 Å². The van der Waals surface area contributed by atoms with Crippen LogP contribution in [0.4, 0.5) is 4.39 Å². The molecular weight excluding hydrogens is 335 g/mol. The third-order valence-corrected chi connectivity index (χ3v) is 3.15. The van der Waals surface area contributed by atoms with Gasteiger partial charge in [0.2, 0.25) is 5.91 Å². The molecule has 0 aromatic heterocycles. The molecular formula is C13H19BrClFN2O. The van der Waals surface area contributed by atoms with Gasteiger partial charge in [0.1, 0.15) is 5.82 Å². The Labute approximate surface area is 127 Å². The van der Waals surface area contributed by atoms with Crippen molar-refractivity contribution in [2.45, 2.75) is 13.3 Å². The first-order valence-corrected chi connectivity index (χ1v) is 6.70. The van der Waals surface area contributed by atoms with Crippen LogP contribution in [-0.4, -0.2) is 26.0 Å². The Morgan fingerprint density at radius 2 is 2.16 bits per heavy atom. The first-order valence-electron chi connectivity index (χ1n) is 5.91. The highest BCUT2D eigenvalue weighted by Gasteiger charge is 2.11. The zero-order valence-electron chi connectivity index (χ0n) is 11.0. The number of benzene rings is 1. The molecule has 0 saturated heterocycles. The molecule has 19 heavy (non-hydrogen) atoms. The lowest BCUT2D eigenvalue weighted by molar-refractivity contribution is -0.124. The van der Waals surface area contributed by atoms with Crippen molar-refractivity contribution in [1.29, 1.82) is 0 Å².